The van der Waals surface area contributed by atoms with Gasteiger partial charge in [-0.2, -0.15) is 0 Å². The van der Waals surface area contributed by atoms with Gasteiger partial charge in [0.15, 0.2) is 0 Å². The van der Waals surface area contributed by atoms with Crippen LogP contribution in [-0.2, 0) is 5.41 Å². The summed E-state index contributed by atoms with van der Waals surface area (Å²) in [6.07, 6.45) is 0. The first-order valence-corrected chi connectivity index (χ1v) is 18.6. The normalized spacial score (nSPS) is 11.9. The van der Waals surface area contributed by atoms with Crippen molar-refractivity contribution in [1.82, 2.24) is 9.13 Å². The van der Waals surface area contributed by atoms with Crippen LogP contribution in [0.5, 0.6) is 0 Å². The molecule has 0 atom stereocenters. The first-order valence-electron chi connectivity index (χ1n) is 18.6. The molecule has 0 saturated carbocycles. The lowest BCUT2D eigenvalue weighted by Crippen LogP contribution is -2.56. The minimum atomic E-state index is -0.691. The number of para-hydroxylation sites is 2. The second kappa shape index (κ2) is 13.2. The Morgan fingerprint density at radius 3 is 1.25 bits per heavy atom. The summed E-state index contributed by atoms with van der Waals surface area (Å²) in [6.45, 7) is 0. The predicted octanol–water partition coefficient (Wildman–Crippen LogP) is 6.23. The highest BCUT2D eigenvalue weighted by Gasteiger charge is 2.38. The van der Waals surface area contributed by atoms with Crippen LogP contribution in [0.15, 0.2) is 176 Å². The van der Waals surface area contributed by atoms with Gasteiger partial charge in [0.2, 0.25) is 0 Å². The summed E-state index contributed by atoms with van der Waals surface area (Å²) in [6, 6.07) is 62.3. The Morgan fingerprint density at radius 1 is 0.304 bits per heavy atom. The van der Waals surface area contributed by atoms with Gasteiger partial charge in [-0.05, 0) is 58.7 Å². The molecule has 10 aromatic rings. The van der Waals surface area contributed by atoms with E-state index in [1.54, 1.807) is 0 Å². The van der Waals surface area contributed by atoms with Crippen LogP contribution >= 0.6 is 0 Å². The van der Waals surface area contributed by atoms with Gasteiger partial charge in [-0.1, -0.05) is 150 Å². The van der Waals surface area contributed by atoms with Gasteiger partial charge in [-0.15, -0.1) is 16.4 Å². The molecule has 2 aromatic heterocycles. The standard InChI is InChI=1S/C49H29B5N2/c50-43-44(51)46(53)48(47(54)45(43)52)56-41-27-25-34(55-39-22-12-10-20-35(39)36-21-11-13-23-40(36)55)29-38(41)37-26-24-33(28-42(37)56)49(30-14-4-1-5-15-30,31-16-6-2-7-17-31)32-18-8-3-9-19-32/h1-29H. The average Bonchev–Trinajstić information content (AvgIpc) is 3.76. The molecule has 0 spiro atoms. The summed E-state index contributed by atoms with van der Waals surface area (Å²) in [5.41, 5.74) is 10.5. The third-order valence-electron chi connectivity index (χ3n) is 11.5. The molecular formula is C49H29B5N2. The Labute approximate surface area is 332 Å². The maximum absolute atomic E-state index is 6.89. The second-order valence-electron chi connectivity index (χ2n) is 14.4. The van der Waals surface area contributed by atoms with E-state index in [4.69, 9.17) is 39.2 Å². The fourth-order valence-corrected chi connectivity index (χ4v) is 8.96. The number of fused-ring (bicyclic) bond motifs is 6. The number of aromatic nitrogens is 2. The molecule has 0 unspecified atom stereocenters. The quantitative estimate of drug-likeness (QED) is 0.144. The molecule has 0 aliphatic heterocycles. The van der Waals surface area contributed by atoms with Crippen molar-refractivity contribution in [3.05, 3.63) is 198 Å². The highest BCUT2D eigenvalue weighted by Crippen LogP contribution is 2.47. The van der Waals surface area contributed by atoms with Crippen molar-refractivity contribution in [2.75, 3.05) is 0 Å². The lowest BCUT2D eigenvalue weighted by atomic mass is 9.61. The van der Waals surface area contributed by atoms with Gasteiger partial charge < -0.3 is 9.13 Å². The highest BCUT2D eigenvalue weighted by atomic mass is 15.0. The fourth-order valence-electron chi connectivity index (χ4n) is 8.96. The van der Waals surface area contributed by atoms with Crippen LogP contribution in [0.2, 0.25) is 0 Å². The van der Waals surface area contributed by atoms with Gasteiger partial charge in [0, 0.05) is 32.9 Å². The Bertz CT molecular complexity index is 2950. The van der Waals surface area contributed by atoms with Crippen LogP contribution < -0.4 is 27.3 Å². The third-order valence-corrected chi connectivity index (χ3v) is 11.5. The van der Waals surface area contributed by atoms with Crippen LogP contribution in [0.1, 0.15) is 22.3 Å². The molecule has 0 bridgehead atoms. The van der Waals surface area contributed by atoms with Crippen LogP contribution in [0, 0.1) is 0 Å². The molecule has 10 rings (SSSR count). The summed E-state index contributed by atoms with van der Waals surface area (Å²) in [7, 11) is 33.3. The average molecular weight is 700 g/mol. The van der Waals surface area contributed by atoms with Crippen LogP contribution in [0.25, 0.3) is 55.0 Å². The van der Waals surface area contributed by atoms with E-state index in [9.17, 15) is 0 Å². The van der Waals surface area contributed by atoms with Crippen molar-refractivity contribution >= 4 is 110 Å². The molecule has 0 saturated heterocycles. The minimum absolute atomic E-state index is 0.176. The van der Waals surface area contributed by atoms with E-state index >= 15 is 0 Å². The molecule has 8 aromatic carbocycles. The van der Waals surface area contributed by atoms with Gasteiger partial charge >= 0.3 is 0 Å². The molecule has 2 heterocycles. The molecule has 0 aliphatic rings. The summed E-state index contributed by atoms with van der Waals surface area (Å²) >= 11 is 0. The molecule has 2 nitrogen and oxygen atoms in total. The van der Waals surface area contributed by atoms with Crippen molar-refractivity contribution in [2.24, 2.45) is 0 Å². The lowest BCUT2D eigenvalue weighted by Gasteiger charge is -2.37. The summed E-state index contributed by atoms with van der Waals surface area (Å²) < 4.78 is 4.43. The van der Waals surface area contributed by atoms with E-state index in [0.29, 0.717) is 5.69 Å². The maximum Gasteiger partial charge on any atom is 0.115 e. The second-order valence-corrected chi connectivity index (χ2v) is 14.4. The van der Waals surface area contributed by atoms with E-state index in [-0.39, 0.29) is 27.3 Å². The Kier molecular flexibility index (Phi) is 8.04. The van der Waals surface area contributed by atoms with Crippen LogP contribution in [-0.4, -0.2) is 48.4 Å². The van der Waals surface area contributed by atoms with Crippen LogP contribution in [0.4, 0.5) is 0 Å². The maximum atomic E-state index is 6.89. The van der Waals surface area contributed by atoms with Gasteiger partial charge in [-0.3, -0.25) is 0 Å². The largest absolute Gasteiger partial charge is 0.310 e. The van der Waals surface area contributed by atoms with Gasteiger partial charge in [0.25, 0.3) is 0 Å². The number of nitrogens with zero attached hydrogens (tertiary/aromatic N) is 2. The van der Waals surface area contributed by atoms with Crippen molar-refractivity contribution in [2.45, 2.75) is 5.41 Å². The molecule has 250 valence electrons. The predicted molar refractivity (Wildman–Crippen MR) is 240 cm³/mol. The molecular weight excluding hydrogens is 671 g/mol. The molecule has 56 heavy (non-hydrogen) atoms. The Balaban J connectivity index is 1.35. The first-order chi connectivity index (χ1) is 27.4. The number of benzene rings is 8. The zero-order chi connectivity index (χ0) is 38.1. The molecule has 0 fully saturated rings. The fraction of sp³-hybridized carbons (Fsp3) is 0.0204. The van der Waals surface area contributed by atoms with E-state index in [0.717, 1.165) is 60.8 Å². The van der Waals surface area contributed by atoms with E-state index < -0.39 is 5.41 Å². The van der Waals surface area contributed by atoms with Crippen molar-refractivity contribution in [1.29, 1.82) is 0 Å². The highest BCUT2D eigenvalue weighted by molar-refractivity contribution is 6.68. The zero-order valence-electron chi connectivity index (χ0n) is 30.5. The summed E-state index contributed by atoms with van der Waals surface area (Å²) in [5.74, 6) is 0. The third kappa shape index (κ3) is 4.90. The minimum Gasteiger partial charge on any atom is -0.310 e. The van der Waals surface area contributed by atoms with Crippen LogP contribution in [0.3, 0.4) is 0 Å². The summed E-state index contributed by atoms with van der Waals surface area (Å²) in [5, 5.41) is 4.43. The zero-order valence-corrected chi connectivity index (χ0v) is 30.5. The molecule has 0 aliphatic carbocycles. The van der Waals surface area contributed by atoms with Gasteiger partial charge in [-0.25, -0.2) is 0 Å². The smallest absolute Gasteiger partial charge is 0.115 e. The van der Waals surface area contributed by atoms with Gasteiger partial charge in [0.1, 0.15) is 39.2 Å². The Morgan fingerprint density at radius 2 is 0.732 bits per heavy atom. The molecule has 10 radical (unpaired) electrons. The molecule has 7 heteroatoms. The van der Waals surface area contributed by atoms with E-state index in [1.807, 2.05) is 0 Å². The van der Waals surface area contributed by atoms with Crippen molar-refractivity contribution in [3.8, 4) is 11.4 Å². The topological polar surface area (TPSA) is 9.86 Å². The number of hydrogen-bond acceptors (Lipinski definition) is 0. The molecule has 0 N–H and O–H groups in total. The van der Waals surface area contributed by atoms with E-state index in [2.05, 4.69) is 185 Å². The first kappa shape index (κ1) is 34.2. The van der Waals surface area contributed by atoms with Crippen molar-refractivity contribution < 1.29 is 0 Å². The monoisotopic (exact) mass is 700 g/mol. The molecule has 0 amide bonds. The van der Waals surface area contributed by atoms with E-state index in [1.165, 1.54) is 10.8 Å². The number of rotatable bonds is 6. The van der Waals surface area contributed by atoms with Gasteiger partial charge in [0.05, 0.1) is 27.5 Å². The Hall–Kier alpha value is -6.32. The van der Waals surface area contributed by atoms with Crippen molar-refractivity contribution in [3.63, 3.8) is 0 Å². The lowest BCUT2D eigenvalue weighted by molar-refractivity contribution is 0.746. The number of hydrogen-bond donors (Lipinski definition) is 0. The SMILES string of the molecule is [B]c1c([B])c([B])c(-n2c3ccc(-n4c5ccccc5c5ccccc54)cc3c3ccc(C(c4ccccc4)(c4ccccc4)c4ccccc4)cc32)c([B])c1[B]. The summed E-state index contributed by atoms with van der Waals surface area (Å²) in [4.78, 5) is 0.